The minimum Gasteiger partial charge on any atom is -0.503 e. The number of hydrogen-bond donors (Lipinski definition) is 0. The number of thiophene rings is 1. The van der Waals surface area contributed by atoms with Crippen LogP contribution in [0.1, 0.15) is 25.3 Å². The topological polar surface area (TPSA) is 43.8 Å². The van der Waals surface area contributed by atoms with Gasteiger partial charge >= 0.3 is 0 Å². The van der Waals surface area contributed by atoms with Gasteiger partial charge in [0, 0.05) is 43.0 Å². The van der Waals surface area contributed by atoms with E-state index in [9.17, 15) is 0 Å². The van der Waals surface area contributed by atoms with Gasteiger partial charge in [-0.05, 0) is 44.8 Å². The molecule has 0 aliphatic carbocycles. The summed E-state index contributed by atoms with van der Waals surface area (Å²) in [6.07, 6.45) is 5.36. The average molecular weight is 884 g/mol. The summed E-state index contributed by atoms with van der Waals surface area (Å²) < 4.78 is 11.7. The zero-order valence-electron chi connectivity index (χ0n) is 28.9. The first-order chi connectivity index (χ1) is 25.6. The van der Waals surface area contributed by atoms with Gasteiger partial charge in [-0.3, -0.25) is 9.55 Å². The molecule has 0 amide bonds. The van der Waals surface area contributed by atoms with E-state index in [4.69, 9.17) is 4.74 Å². The van der Waals surface area contributed by atoms with Crippen molar-refractivity contribution >= 4 is 32.6 Å². The van der Waals surface area contributed by atoms with E-state index in [-0.39, 0.29) is 21.1 Å². The van der Waals surface area contributed by atoms with Crippen molar-refractivity contribution in [1.82, 2.24) is 14.5 Å². The number of benzene rings is 6. The Bertz CT molecular complexity index is 2650. The molecule has 0 unspecified atom stereocenters. The third-order valence-electron chi connectivity index (χ3n) is 9.23. The summed E-state index contributed by atoms with van der Waals surface area (Å²) >= 11 is 1.67. The molecule has 0 aliphatic heterocycles. The summed E-state index contributed by atoms with van der Waals surface area (Å²) in [6, 6.07) is 54.7. The Morgan fingerprint density at radius 3 is 2.04 bits per heavy atom. The normalized spacial score (nSPS) is 11.2. The average Bonchev–Trinajstić information content (AvgIpc) is 3.81. The molecule has 9 aromatic rings. The molecule has 0 fully saturated rings. The SMILES string of the molecule is CC(C)c1csc2c(-c3[c-]c(Oc4[c-]c(-n5[c-][n+](-c6c(-c7ccccc7)cccc6-c6ccccc6)c6ccccc65)ccc4)ccc3)ncnc12.[Pt]. The maximum atomic E-state index is 6.43. The molecule has 6 aromatic carbocycles. The molecule has 0 saturated carbocycles. The van der Waals surface area contributed by atoms with Gasteiger partial charge in [-0.15, -0.1) is 47.2 Å². The smallest absolute Gasteiger partial charge is 0.268 e. The predicted molar refractivity (Wildman–Crippen MR) is 209 cm³/mol. The van der Waals surface area contributed by atoms with E-state index in [2.05, 4.69) is 160 Å². The van der Waals surface area contributed by atoms with Crippen molar-refractivity contribution in [2.75, 3.05) is 0 Å². The monoisotopic (exact) mass is 883 g/mol. The molecule has 5 nitrogen and oxygen atoms in total. The van der Waals surface area contributed by atoms with E-state index < -0.39 is 0 Å². The fraction of sp³-hybridized carbons (Fsp3) is 0.0652. The Morgan fingerprint density at radius 2 is 1.32 bits per heavy atom. The number of ether oxygens (including phenoxy) is 1. The van der Waals surface area contributed by atoms with Crippen LogP contribution >= 0.6 is 11.3 Å². The number of para-hydroxylation sites is 3. The van der Waals surface area contributed by atoms with E-state index in [0.717, 1.165) is 66.1 Å². The fourth-order valence-electron chi connectivity index (χ4n) is 6.75. The predicted octanol–water partition coefficient (Wildman–Crippen LogP) is 11.2. The van der Waals surface area contributed by atoms with Gasteiger partial charge in [0.15, 0.2) is 0 Å². The molecule has 0 atom stereocenters. The van der Waals surface area contributed by atoms with Crippen LogP contribution in [0.3, 0.4) is 0 Å². The van der Waals surface area contributed by atoms with Crippen LogP contribution < -0.4 is 9.30 Å². The van der Waals surface area contributed by atoms with Crippen LogP contribution in [-0.4, -0.2) is 14.5 Å². The Kier molecular flexibility index (Phi) is 9.57. The van der Waals surface area contributed by atoms with Gasteiger partial charge in [0.25, 0.3) is 6.33 Å². The standard InChI is InChI=1S/C46H32N4OS.Pt/c1-31(2)40-28-52-46-43(47-29-48-44(40)46)34-18-11-20-36(26-34)51-37-21-12-19-35(27-37)49-30-50(42-25-10-9-24-41(42)49)45-38(32-14-5-3-6-15-32)22-13-23-39(45)33-16-7-4-8-17-33;/h3-25,28-29,31H,1-2H3;/q-2;. The number of hydrogen-bond acceptors (Lipinski definition) is 4. The van der Waals surface area contributed by atoms with Crippen LogP contribution in [0.2, 0.25) is 0 Å². The molecule has 260 valence electrons. The van der Waals surface area contributed by atoms with Crippen LogP contribution in [0.5, 0.6) is 11.5 Å². The molecule has 53 heavy (non-hydrogen) atoms. The number of aromatic nitrogens is 4. The third kappa shape index (κ3) is 6.50. The van der Waals surface area contributed by atoms with E-state index >= 15 is 0 Å². The molecular weight excluding hydrogens is 852 g/mol. The molecule has 3 heterocycles. The Labute approximate surface area is 327 Å². The molecule has 3 aromatic heterocycles. The van der Waals surface area contributed by atoms with E-state index in [1.54, 1.807) is 17.7 Å². The van der Waals surface area contributed by atoms with E-state index in [0.29, 0.717) is 17.4 Å². The van der Waals surface area contributed by atoms with Crippen molar-refractivity contribution in [2.45, 2.75) is 19.8 Å². The van der Waals surface area contributed by atoms with Crippen molar-refractivity contribution in [3.63, 3.8) is 0 Å². The largest absolute Gasteiger partial charge is 0.503 e. The van der Waals surface area contributed by atoms with Crippen molar-refractivity contribution in [2.24, 2.45) is 0 Å². The molecule has 0 spiro atoms. The third-order valence-corrected chi connectivity index (χ3v) is 10.2. The Balaban J connectivity index is 0.00000400. The second-order valence-corrected chi connectivity index (χ2v) is 13.7. The molecule has 9 rings (SSSR count). The summed E-state index contributed by atoms with van der Waals surface area (Å²) in [6.45, 7) is 4.38. The van der Waals surface area contributed by atoms with Crippen LogP contribution in [0.4, 0.5) is 0 Å². The molecule has 0 bridgehead atoms. The quantitative estimate of drug-likeness (QED) is 0.113. The number of imidazole rings is 1. The zero-order chi connectivity index (χ0) is 35.0. The van der Waals surface area contributed by atoms with Crippen molar-refractivity contribution in [3.05, 3.63) is 175 Å². The molecule has 7 heteroatoms. The second-order valence-electron chi connectivity index (χ2n) is 12.9. The minimum absolute atomic E-state index is 0. The van der Waals surface area contributed by atoms with E-state index in [1.165, 1.54) is 5.56 Å². The van der Waals surface area contributed by atoms with Gasteiger partial charge < -0.3 is 9.30 Å². The first-order valence-electron chi connectivity index (χ1n) is 17.3. The van der Waals surface area contributed by atoms with Crippen LogP contribution in [0.15, 0.2) is 151 Å². The number of nitrogens with zero attached hydrogens (tertiary/aromatic N) is 4. The Morgan fingerprint density at radius 1 is 0.679 bits per heavy atom. The molecule has 0 N–H and O–H groups in total. The van der Waals surface area contributed by atoms with Crippen molar-refractivity contribution in [3.8, 4) is 56.4 Å². The number of rotatable bonds is 8. The first kappa shape index (κ1) is 34.4. The second kappa shape index (κ2) is 14.7. The van der Waals surface area contributed by atoms with Gasteiger partial charge in [0.1, 0.15) is 6.33 Å². The van der Waals surface area contributed by atoms with Gasteiger partial charge in [0.05, 0.1) is 22.2 Å². The van der Waals surface area contributed by atoms with Gasteiger partial charge in [-0.2, -0.15) is 12.1 Å². The summed E-state index contributed by atoms with van der Waals surface area (Å²) in [5.74, 6) is 1.54. The molecule has 0 saturated heterocycles. The van der Waals surface area contributed by atoms with Gasteiger partial charge in [0.2, 0.25) is 0 Å². The van der Waals surface area contributed by atoms with E-state index in [1.807, 2.05) is 36.4 Å². The van der Waals surface area contributed by atoms with Gasteiger partial charge in [-0.25, -0.2) is 4.98 Å². The molecule has 0 aliphatic rings. The van der Waals surface area contributed by atoms with Gasteiger partial charge in [-0.1, -0.05) is 123 Å². The van der Waals surface area contributed by atoms with Crippen molar-refractivity contribution < 1.29 is 30.4 Å². The van der Waals surface area contributed by atoms with Crippen LogP contribution in [-0.2, 0) is 21.1 Å². The summed E-state index contributed by atoms with van der Waals surface area (Å²) in [5, 5.41) is 2.18. The molecular formula is C46H32N4OPtS-2. The maximum Gasteiger partial charge on any atom is 0.268 e. The fourth-order valence-corrected chi connectivity index (χ4v) is 7.94. The summed E-state index contributed by atoms with van der Waals surface area (Å²) in [7, 11) is 0. The maximum absolute atomic E-state index is 6.43. The zero-order valence-corrected chi connectivity index (χ0v) is 32.0. The first-order valence-corrected chi connectivity index (χ1v) is 18.1. The van der Waals surface area contributed by atoms with Crippen LogP contribution in [0, 0.1) is 18.5 Å². The van der Waals surface area contributed by atoms with Crippen LogP contribution in [0.25, 0.3) is 66.1 Å². The Hall–Kier alpha value is -5.68. The minimum atomic E-state index is 0. The van der Waals surface area contributed by atoms with Crippen molar-refractivity contribution in [1.29, 1.82) is 0 Å². The summed E-state index contributed by atoms with van der Waals surface area (Å²) in [5.41, 5.74) is 12.3. The number of fused-ring (bicyclic) bond motifs is 2. The summed E-state index contributed by atoms with van der Waals surface area (Å²) in [4.78, 5) is 9.26. The molecule has 0 radical (unpaired) electrons.